The highest BCUT2D eigenvalue weighted by Gasteiger charge is 2.34. The van der Waals surface area contributed by atoms with Gasteiger partial charge >= 0.3 is 5.97 Å². The quantitative estimate of drug-likeness (QED) is 0.307. The van der Waals surface area contributed by atoms with Crippen molar-refractivity contribution >= 4 is 23.7 Å². The molecule has 5 unspecified atom stereocenters. The first-order valence-corrected chi connectivity index (χ1v) is 11.3. The van der Waals surface area contributed by atoms with E-state index < -0.39 is 35.9 Å². The Morgan fingerprint density at radius 2 is 1.58 bits per heavy atom. The van der Waals surface area contributed by atoms with Crippen LogP contribution < -0.4 is 21.3 Å². The number of carboxylic acid groups (broad SMARTS) is 1. The van der Waals surface area contributed by atoms with Gasteiger partial charge in [0.05, 0.1) is 6.04 Å². The molecule has 1 rings (SSSR count). The molecule has 0 bridgehead atoms. The molecule has 1 fully saturated rings. The Hall–Kier alpha value is -2.16. The molecule has 0 saturated carbocycles. The van der Waals surface area contributed by atoms with Gasteiger partial charge in [-0.05, 0) is 43.6 Å². The molecule has 9 heteroatoms. The first-order chi connectivity index (χ1) is 14.5. The van der Waals surface area contributed by atoms with Gasteiger partial charge in [0.1, 0.15) is 18.1 Å². The van der Waals surface area contributed by atoms with Crippen molar-refractivity contribution in [3.05, 3.63) is 0 Å². The van der Waals surface area contributed by atoms with Crippen LogP contribution in [0.15, 0.2) is 0 Å². The Balaban J connectivity index is 2.91. The van der Waals surface area contributed by atoms with Gasteiger partial charge in [0, 0.05) is 0 Å². The van der Waals surface area contributed by atoms with E-state index in [2.05, 4.69) is 21.3 Å². The van der Waals surface area contributed by atoms with Crippen molar-refractivity contribution < 1.29 is 24.3 Å². The van der Waals surface area contributed by atoms with E-state index in [1.54, 1.807) is 0 Å². The summed E-state index contributed by atoms with van der Waals surface area (Å²) < 4.78 is 0. The van der Waals surface area contributed by atoms with Crippen LogP contribution in [0.4, 0.5) is 0 Å². The van der Waals surface area contributed by atoms with E-state index in [-0.39, 0.29) is 29.7 Å². The Bertz CT molecular complexity index is 631. The minimum Gasteiger partial charge on any atom is -0.480 e. The van der Waals surface area contributed by atoms with E-state index in [0.717, 1.165) is 19.4 Å². The normalized spacial score (nSPS) is 20.1. The van der Waals surface area contributed by atoms with Crippen molar-refractivity contribution in [3.63, 3.8) is 0 Å². The van der Waals surface area contributed by atoms with Gasteiger partial charge in [-0.3, -0.25) is 14.4 Å². The number of aliphatic carboxylic acids is 1. The Labute approximate surface area is 185 Å². The fraction of sp³-hybridized carbons (Fsp3) is 0.818. The number of carbonyl (C=O) groups is 4. The SMILES string of the molecule is CCC(C)C(NC(=O)C(NC(=O)C1CCCN1)C(C)C)C(=O)NC(CC(C)C)C(=O)O. The van der Waals surface area contributed by atoms with Crippen LogP contribution in [0.3, 0.4) is 0 Å². The van der Waals surface area contributed by atoms with E-state index in [4.69, 9.17) is 0 Å². The van der Waals surface area contributed by atoms with Crippen LogP contribution in [0.5, 0.6) is 0 Å². The molecular formula is C22H40N4O5. The third-order valence-corrected chi connectivity index (χ3v) is 5.74. The zero-order valence-electron chi connectivity index (χ0n) is 19.7. The van der Waals surface area contributed by atoms with Crippen LogP contribution >= 0.6 is 0 Å². The second kappa shape index (κ2) is 12.6. The lowest BCUT2D eigenvalue weighted by molar-refractivity contribution is -0.143. The molecule has 0 aliphatic carbocycles. The van der Waals surface area contributed by atoms with E-state index in [9.17, 15) is 24.3 Å². The molecule has 5 atom stereocenters. The zero-order chi connectivity index (χ0) is 23.7. The Kier molecular flexibility index (Phi) is 11.0. The van der Waals surface area contributed by atoms with Crippen molar-refractivity contribution in [2.45, 2.75) is 91.4 Å². The number of amides is 3. The molecule has 31 heavy (non-hydrogen) atoms. The van der Waals surface area contributed by atoms with Gasteiger partial charge < -0.3 is 26.4 Å². The predicted octanol–water partition coefficient (Wildman–Crippen LogP) is 1.03. The highest BCUT2D eigenvalue weighted by Crippen LogP contribution is 2.13. The zero-order valence-corrected chi connectivity index (χ0v) is 19.7. The number of carboxylic acids is 1. The minimum atomic E-state index is -1.10. The fourth-order valence-corrected chi connectivity index (χ4v) is 3.60. The van der Waals surface area contributed by atoms with Crippen molar-refractivity contribution in [3.8, 4) is 0 Å². The largest absolute Gasteiger partial charge is 0.480 e. The van der Waals surface area contributed by atoms with E-state index in [0.29, 0.717) is 12.8 Å². The summed E-state index contributed by atoms with van der Waals surface area (Å²) in [6.45, 7) is 11.9. The molecule has 1 aliphatic rings. The lowest BCUT2D eigenvalue weighted by atomic mass is 9.95. The molecule has 1 heterocycles. The topological polar surface area (TPSA) is 137 Å². The molecule has 0 aromatic carbocycles. The van der Waals surface area contributed by atoms with E-state index in [1.807, 2.05) is 41.5 Å². The van der Waals surface area contributed by atoms with Gasteiger partial charge in [0.25, 0.3) is 0 Å². The summed E-state index contributed by atoms with van der Waals surface area (Å²) in [6.07, 6.45) is 2.54. The van der Waals surface area contributed by atoms with Gasteiger partial charge in [-0.1, -0.05) is 48.0 Å². The standard InChI is InChI=1S/C22H40N4O5/c1-7-14(6)18(21(29)24-16(22(30)31)11-12(2)3)26-20(28)17(13(4)5)25-19(27)15-9-8-10-23-15/h12-18,23H,7-11H2,1-6H3,(H,24,29)(H,25,27)(H,26,28)(H,30,31). The molecule has 0 aromatic heterocycles. The van der Waals surface area contributed by atoms with Gasteiger partial charge in [0.2, 0.25) is 17.7 Å². The van der Waals surface area contributed by atoms with E-state index >= 15 is 0 Å². The summed E-state index contributed by atoms with van der Waals surface area (Å²) in [5.74, 6) is -2.61. The number of rotatable bonds is 12. The van der Waals surface area contributed by atoms with Crippen molar-refractivity contribution in [1.29, 1.82) is 0 Å². The molecule has 9 nitrogen and oxygen atoms in total. The summed E-state index contributed by atoms with van der Waals surface area (Å²) in [7, 11) is 0. The smallest absolute Gasteiger partial charge is 0.326 e. The maximum absolute atomic E-state index is 13.0. The summed E-state index contributed by atoms with van der Waals surface area (Å²) in [4.78, 5) is 50.0. The summed E-state index contributed by atoms with van der Waals surface area (Å²) in [5.41, 5.74) is 0. The summed E-state index contributed by atoms with van der Waals surface area (Å²) in [5, 5.41) is 20.7. The van der Waals surface area contributed by atoms with Gasteiger partial charge in [-0.25, -0.2) is 4.79 Å². The van der Waals surface area contributed by atoms with Gasteiger partial charge in [0.15, 0.2) is 0 Å². The average Bonchev–Trinajstić information content (AvgIpc) is 3.22. The van der Waals surface area contributed by atoms with Crippen LogP contribution in [-0.2, 0) is 19.2 Å². The van der Waals surface area contributed by atoms with Crippen LogP contribution in [-0.4, -0.2) is 59.5 Å². The lowest BCUT2D eigenvalue weighted by Crippen LogP contribution is -2.59. The second-order valence-electron chi connectivity index (χ2n) is 9.28. The molecule has 178 valence electrons. The molecular weight excluding hydrogens is 400 g/mol. The number of hydrogen-bond acceptors (Lipinski definition) is 5. The molecule has 1 saturated heterocycles. The number of nitrogens with one attached hydrogen (secondary N) is 4. The summed E-state index contributed by atoms with van der Waals surface area (Å²) >= 11 is 0. The molecule has 0 aromatic rings. The third-order valence-electron chi connectivity index (χ3n) is 5.74. The third kappa shape index (κ3) is 8.47. The monoisotopic (exact) mass is 440 g/mol. The van der Waals surface area contributed by atoms with Crippen LogP contribution in [0.25, 0.3) is 0 Å². The first-order valence-electron chi connectivity index (χ1n) is 11.3. The van der Waals surface area contributed by atoms with Gasteiger partial charge in [-0.15, -0.1) is 0 Å². The number of carbonyl (C=O) groups excluding carboxylic acids is 3. The predicted molar refractivity (Wildman–Crippen MR) is 118 cm³/mol. The van der Waals surface area contributed by atoms with Crippen molar-refractivity contribution in [2.75, 3.05) is 6.54 Å². The minimum absolute atomic E-state index is 0.0859. The number of hydrogen-bond donors (Lipinski definition) is 5. The maximum Gasteiger partial charge on any atom is 0.326 e. The summed E-state index contributed by atoms with van der Waals surface area (Å²) in [6, 6.07) is -3.02. The van der Waals surface area contributed by atoms with Crippen molar-refractivity contribution in [1.82, 2.24) is 21.3 Å². The fourth-order valence-electron chi connectivity index (χ4n) is 3.60. The first kappa shape index (κ1) is 26.9. The van der Waals surface area contributed by atoms with Gasteiger partial charge in [-0.2, -0.15) is 0 Å². The Morgan fingerprint density at radius 1 is 0.968 bits per heavy atom. The van der Waals surface area contributed by atoms with Crippen LogP contribution in [0, 0.1) is 17.8 Å². The highest BCUT2D eigenvalue weighted by molar-refractivity contribution is 5.94. The molecule has 0 spiro atoms. The lowest BCUT2D eigenvalue weighted by Gasteiger charge is -2.29. The molecule has 0 radical (unpaired) electrons. The van der Waals surface area contributed by atoms with Crippen LogP contribution in [0.2, 0.25) is 0 Å². The molecule has 1 aliphatic heterocycles. The average molecular weight is 441 g/mol. The van der Waals surface area contributed by atoms with Crippen LogP contribution in [0.1, 0.15) is 67.2 Å². The second-order valence-corrected chi connectivity index (χ2v) is 9.28. The van der Waals surface area contributed by atoms with E-state index in [1.165, 1.54) is 0 Å². The van der Waals surface area contributed by atoms with Crippen molar-refractivity contribution in [2.24, 2.45) is 17.8 Å². The molecule has 5 N–H and O–H groups in total. The Morgan fingerprint density at radius 3 is 2.03 bits per heavy atom. The maximum atomic E-state index is 13.0. The highest BCUT2D eigenvalue weighted by atomic mass is 16.4. The molecule has 3 amide bonds.